The van der Waals surface area contributed by atoms with Gasteiger partial charge in [-0.3, -0.25) is 9.35 Å². The van der Waals surface area contributed by atoms with Crippen LogP contribution in [0.15, 0.2) is 0 Å². The number of carbonyl (C=O) groups excluding carboxylic acids is 1. The van der Waals surface area contributed by atoms with Crippen molar-refractivity contribution >= 4 is 16.4 Å². The van der Waals surface area contributed by atoms with Gasteiger partial charge in [0.2, 0.25) is 0 Å². The first-order valence-corrected chi connectivity index (χ1v) is 25.7. The van der Waals surface area contributed by atoms with Crippen LogP contribution in [0, 0.1) is 0 Å². The number of rotatable bonds is 43. The van der Waals surface area contributed by atoms with Crippen molar-refractivity contribution in [1.82, 2.24) is 0 Å². The molecule has 1 rings (SSSR count). The lowest BCUT2D eigenvalue weighted by atomic mass is 9.99. The fraction of sp³-hybridized carbons (Fsp3) is 0.978. The van der Waals surface area contributed by atoms with Gasteiger partial charge in [0, 0.05) is 13.0 Å². The number of esters is 1. The fourth-order valence-electron chi connectivity index (χ4n) is 7.79. The zero-order chi connectivity index (χ0) is 43.2. The molecule has 6 atom stereocenters. The zero-order valence-electron chi connectivity index (χ0n) is 37.6. The summed E-state index contributed by atoms with van der Waals surface area (Å²) in [4.78, 5) is 12.8. The summed E-state index contributed by atoms with van der Waals surface area (Å²) in [7, 11) is -5.05. The summed E-state index contributed by atoms with van der Waals surface area (Å²) < 4.78 is 59.0. The molecule has 0 saturated carbocycles. The van der Waals surface area contributed by atoms with Crippen LogP contribution in [0.3, 0.4) is 0 Å². The molecule has 0 aromatic heterocycles. The molecule has 59 heavy (non-hydrogen) atoms. The summed E-state index contributed by atoms with van der Waals surface area (Å²) in [6.07, 6.45) is 31.6. The molecule has 0 aliphatic carbocycles. The maximum atomic E-state index is 12.8. The molecule has 0 aromatic carbocycles. The van der Waals surface area contributed by atoms with Crippen molar-refractivity contribution in [2.75, 3.05) is 26.4 Å². The maximum absolute atomic E-state index is 12.8. The van der Waals surface area contributed by atoms with Crippen molar-refractivity contribution in [2.45, 2.75) is 263 Å². The summed E-state index contributed by atoms with van der Waals surface area (Å²) in [5.41, 5.74) is 0. The highest BCUT2D eigenvalue weighted by Crippen LogP contribution is 2.26. The van der Waals surface area contributed by atoms with Crippen molar-refractivity contribution in [2.24, 2.45) is 0 Å². The number of aliphatic hydroxyl groups is 3. The van der Waals surface area contributed by atoms with E-state index in [-0.39, 0.29) is 19.6 Å². The van der Waals surface area contributed by atoms with Crippen LogP contribution in [0.1, 0.15) is 226 Å². The molecule has 352 valence electrons. The Morgan fingerprint density at radius 3 is 1.36 bits per heavy atom. The zero-order valence-corrected chi connectivity index (χ0v) is 38.4. The van der Waals surface area contributed by atoms with E-state index in [1.165, 1.54) is 161 Å². The predicted molar refractivity (Wildman–Crippen MR) is 235 cm³/mol. The molecule has 13 heteroatoms. The topological polar surface area (TPSA) is 178 Å². The summed E-state index contributed by atoms with van der Waals surface area (Å²) in [5, 5.41) is 30.6. The average molecular weight is 867 g/mol. The number of aliphatic hydroxyl groups excluding tert-OH is 3. The van der Waals surface area contributed by atoms with Crippen LogP contribution in [0.25, 0.3) is 0 Å². The van der Waals surface area contributed by atoms with Gasteiger partial charge in [-0.2, -0.15) is 8.42 Å². The molecule has 1 aliphatic heterocycles. The van der Waals surface area contributed by atoms with Crippen LogP contribution < -0.4 is 0 Å². The summed E-state index contributed by atoms with van der Waals surface area (Å²) >= 11 is 0. The molecule has 0 bridgehead atoms. The van der Waals surface area contributed by atoms with Gasteiger partial charge < -0.3 is 34.3 Å². The van der Waals surface area contributed by atoms with Crippen LogP contribution >= 0.6 is 0 Å². The third-order valence-corrected chi connectivity index (χ3v) is 11.9. The average Bonchev–Trinajstić information content (AvgIpc) is 3.20. The largest absolute Gasteiger partial charge is 0.457 e. The maximum Gasteiger partial charge on any atom is 0.397 e. The number of hydrogen-bond acceptors (Lipinski definition) is 11. The Morgan fingerprint density at radius 1 is 0.576 bits per heavy atom. The second kappa shape index (κ2) is 38.7. The highest BCUT2D eigenvalue weighted by atomic mass is 32.3. The second-order valence-electron chi connectivity index (χ2n) is 17.1. The molecule has 1 heterocycles. The number of unbranched alkanes of at least 4 members (excludes halogenated alkanes) is 30. The van der Waals surface area contributed by atoms with Gasteiger partial charge in [0.05, 0.1) is 19.8 Å². The Balaban J connectivity index is 2.28. The lowest BCUT2D eigenvalue weighted by molar-refractivity contribution is -0.301. The van der Waals surface area contributed by atoms with Gasteiger partial charge in [-0.05, 0) is 12.8 Å². The summed E-state index contributed by atoms with van der Waals surface area (Å²) in [5.74, 6) is -0.393. The SMILES string of the molecule is CCCCCCCCCCCCCCCCCCCCCCCCCC(=O)OC(COCCCCCCCCCCC)COC1OC(CO)C(O)C(OS(=O)(=O)O)C1O. The van der Waals surface area contributed by atoms with Gasteiger partial charge in [-0.25, -0.2) is 4.18 Å². The number of carbonyl (C=O) groups is 1. The van der Waals surface area contributed by atoms with Crippen LogP contribution in [-0.2, 0) is 38.3 Å². The first kappa shape index (κ1) is 56.1. The van der Waals surface area contributed by atoms with E-state index in [1.807, 2.05) is 0 Å². The molecular weight excluding hydrogens is 777 g/mol. The third kappa shape index (κ3) is 32.4. The standard InChI is InChI=1S/C46H90O12S/c1-3-5-7-9-11-13-14-15-16-17-18-19-20-21-22-23-24-25-26-27-29-31-33-35-42(48)56-40(38-54-36-34-32-30-28-12-10-8-6-4-2)39-55-46-44(50)45(58-59(51,52)53)43(49)41(37-47)57-46/h40-41,43-47,49-50H,3-39H2,1-2H3,(H,51,52,53). The molecule has 1 saturated heterocycles. The predicted octanol–water partition coefficient (Wildman–Crippen LogP) is 10.5. The van der Waals surface area contributed by atoms with Gasteiger partial charge in [0.15, 0.2) is 6.29 Å². The lowest BCUT2D eigenvalue weighted by Gasteiger charge is -2.41. The van der Waals surface area contributed by atoms with Crippen molar-refractivity contribution < 1.29 is 56.2 Å². The molecule has 1 aliphatic rings. The van der Waals surface area contributed by atoms with E-state index in [0.717, 1.165) is 38.5 Å². The Labute approximate surface area is 360 Å². The van der Waals surface area contributed by atoms with Crippen molar-refractivity contribution in [3.05, 3.63) is 0 Å². The first-order chi connectivity index (χ1) is 28.6. The van der Waals surface area contributed by atoms with E-state index in [9.17, 15) is 28.5 Å². The first-order valence-electron chi connectivity index (χ1n) is 24.3. The van der Waals surface area contributed by atoms with E-state index in [2.05, 4.69) is 18.0 Å². The minimum atomic E-state index is -5.05. The molecule has 1 fully saturated rings. The number of hydrogen-bond donors (Lipinski definition) is 4. The second-order valence-corrected chi connectivity index (χ2v) is 18.1. The molecule has 6 unspecified atom stereocenters. The molecular formula is C46H90O12S. The molecule has 0 amide bonds. The van der Waals surface area contributed by atoms with Gasteiger partial charge in [-0.15, -0.1) is 0 Å². The van der Waals surface area contributed by atoms with Crippen LogP contribution in [-0.4, -0.2) is 97.5 Å². The van der Waals surface area contributed by atoms with E-state index in [0.29, 0.717) is 13.0 Å². The van der Waals surface area contributed by atoms with Crippen molar-refractivity contribution in [3.8, 4) is 0 Å². The Hall–Kier alpha value is -0.900. The van der Waals surface area contributed by atoms with Gasteiger partial charge in [0.1, 0.15) is 30.5 Å². The number of ether oxygens (including phenoxy) is 4. The third-order valence-electron chi connectivity index (χ3n) is 11.5. The summed E-state index contributed by atoms with van der Waals surface area (Å²) in [6.45, 7) is 4.01. The Kier molecular flexibility index (Phi) is 36.9. The van der Waals surface area contributed by atoms with Crippen molar-refractivity contribution in [1.29, 1.82) is 0 Å². The van der Waals surface area contributed by atoms with Crippen molar-refractivity contribution in [3.63, 3.8) is 0 Å². The van der Waals surface area contributed by atoms with E-state index in [1.54, 1.807) is 0 Å². The lowest BCUT2D eigenvalue weighted by Crippen LogP contribution is -2.60. The smallest absolute Gasteiger partial charge is 0.397 e. The minimum Gasteiger partial charge on any atom is -0.457 e. The van der Waals surface area contributed by atoms with Gasteiger partial charge >= 0.3 is 16.4 Å². The summed E-state index contributed by atoms with van der Waals surface area (Å²) in [6, 6.07) is 0. The highest BCUT2D eigenvalue weighted by molar-refractivity contribution is 7.80. The van der Waals surface area contributed by atoms with E-state index >= 15 is 0 Å². The monoisotopic (exact) mass is 867 g/mol. The Morgan fingerprint density at radius 2 is 0.966 bits per heavy atom. The normalized spacial score (nSPS) is 20.3. The van der Waals surface area contributed by atoms with Gasteiger partial charge in [0.25, 0.3) is 0 Å². The van der Waals surface area contributed by atoms with Gasteiger partial charge in [-0.1, -0.05) is 206 Å². The minimum absolute atomic E-state index is 0.0436. The molecule has 4 N–H and O–H groups in total. The van der Waals surface area contributed by atoms with E-state index in [4.69, 9.17) is 23.5 Å². The fourth-order valence-corrected chi connectivity index (χ4v) is 8.30. The molecule has 12 nitrogen and oxygen atoms in total. The Bertz CT molecular complexity index is 1050. The van der Waals surface area contributed by atoms with E-state index < -0.39 is 59.8 Å². The molecule has 0 radical (unpaired) electrons. The van der Waals surface area contributed by atoms with Crippen LogP contribution in [0.4, 0.5) is 0 Å². The van der Waals surface area contributed by atoms with Crippen LogP contribution in [0.2, 0.25) is 0 Å². The quantitative estimate of drug-likeness (QED) is 0.0259. The molecule has 0 spiro atoms. The van der Waals surface area contributed by atoms with Crippen LogP contribution in [0.5, 0.6) is 0 Å². The highest BCUT2D eigenvalue weighted by Gasteiger charge is 2.48. The molecule has 0 aromatic rings.